The van der Waals surface area contributed by atoms with Crippen LogP contribution in [0.4, 0.5) is 0 Å². The van der Waals surface area contributed by atoms with Gasteiger partial charge in [0.1, 0.15) is 0 Å². The van der Waals surface area contributed by atoms with Crippen LogP contribution in [0.5, 0.6) is 0 Å². The highest BCUT2D eigenvalue weighted by Gasteiger charge is 2.32. The summed E-state index contributed by atoms with van der Waals surface area (Å²) in [7, 11) is 0. The minimum atomic E-state index is -0.0201. The van der Waals surface area contributed by atoms with E-state index in [1.54, 1.807) is 0 Å². The van der Waals surface area contributed by atoms with Gasteiger partial charge in [0.25, 0.3) is 0 Å². The van der Waals surface area contributed by atoms with Crippen LogP contribution in [0.3, 0.4) is 0 Å². The van der Waals surface area contributed by atoms with E-state index < -0.39 is 0 Å². The Morgan fingerprint density at radius 3 is 2.76 bits per heavy atom. The van der Waals surface area contributed by atoms with Crippen molar-refractivity contribution in [2.45, 2.75) is 32.2 Å². The summed E-state index contributed by atoms with van der Waals surface area (Å²) in [6, 6.07) is 0.338. The van der Waals surface area contributed by atoms with E-state index in [-0.39, 0.29) is 17.7 Å². The summed E-state index contributed by atoms with van der Waals surface area (Å²) in [5.74, 6) is 0.258. The normalized spacial score (nSPS) is 28.9. The first-order valence-electron chi connectivity index (χ1n) is 6.50. The molecule has 5 nitrogen and oxygen atoms in total. The number of nitrogens with zero attached hydrogens (tertiary/aromatic N) is 1. The van der Waals surface area contributed by atoms with E-state index in [1.807, 2.05) is 11.8 Å². The van der Waals surface area contributed by atoms with Crippen LogP contribution in [0.15, 0.2) is 0 Å². The van der Waals surface area contributed by atoms with Crippen LogP contribution in [0.2, 0.25) is 0 Å². The number of carbonyl (C=O) groups is 2. The lowest BCUT2D eigenvalue weighted by atomic mass is 9.97. The Bertz CT molecular complexity index is 290. The Hall–Kier alpha value is -1.10. The molecule has 2 aliphatic heterocycles. The highest BCUT2D eigenvalue weighted by molar-refractivity contribution is 5.84. The van der Waals surface area contributed by atoms with Gasteiger partial charge in [0.05, 0.1) is 5.92 Å². The maximum Gasteiger partial charge on any atom is 0.227 e. The van der Waals surface area contributed by atoms with E-state index in [0.29, 0.717) is 25.4 Å². The molecule has 2 rings (SSSR count). The van der Waals surface area contributed by atoms with Gasteiger partial charge >= 0.3 is 0 Å². The number of likely N-dealkylation sites (N-methyl/N-ethyl adjacent to an activating group) is 1. The quantitative estimate of drug-likeness (QED) is 0.712. The summed E-state index contributed by atoms with van der Waals surface area (Å²) in [5, 5.41) is 6.07. The second-order valence-electron chi connectivity index (χ2n) is 4.81. The van der Waals surface area contributed by atoms with Crippen LogP contribution < -0.4 is 10.6 Å². The lowest BCUT2D eigenvalue weighted by molar-refractivity contribution is -0.139. The first-order valence-corrected chi connectivity index (χ1v) is 6.50. The summed E-state index contributed by atoms with van der Waals surface area (Å²) in [6.45, 7) is 5.19. The summed E-state index contributed by atoms with van der Waals surface area (Å²) in [6.07, 6.45) is 2.22. The largest absolute Gasteiger partial charge is 0.355 e. The fourth-order valence-electron chi connectivity index (χ4n) is 2.68. The summed E-state index contributed by atoms with van der Waals surface area (Å²) >= 11 is 0. The summed E-state index contributed by atoms with van der Waals surface area (Å²) < 4.78 is 0. The lowest BCUT2D eigenvalue weighted by Gasteiger charge is -2.32. The minimum absolute atomic E-state index is 0.0201. The second kappa shape index (κ2) is 5.49. The van der Waals surface area contributed by atoms with Crippen LogP contribution in [0.25, 0.3) is 0 Å². The molecule has 0 bridgehead atoms. The van der Waals surface area contributed by atoms with E-state index >= 15 is 0 Å². The van der Waals surface area contributed by atoms with Gasteiger partial charge in [-0.3, -0.25) is 9.59 Å². The number of piperidine rings is 1. The molecule has 0 aromatic carbocycles. The molecular formula is C12H21N3O2. The molecule has 2 unspecified atom stereocenters. The van der Waals surface area contributed by atoms with E-state index in [2.05, 4.69) is 10.6 Å². The summed E-state index contributed by atoms with van der Waals surface area (Å²) in [4.78, 5) is 25.4. The average molecular weight is 239 g/mol. The van der Waals surface area contributed by atoms with Gasteiger partial charge in [0.15, 0.2) is 0 Å². The molecule has 0 radical (unpaired) electrons. The van der Waals surface area contributed by atoms with Crippen LogP contribution in [0, 0.1) is 5.92 Å². The zero-order chi connectivity index (χ0) is 12.3. The average Bonchev–Trinajstić information content (AvgIpc) is 2.84. The first-order chi connectivity index (χ1) is 8.22. The molecule has 0 spiro atoms. The summed E-state index contributed by atoms with van der Waals surface area (Å²) in [5.41, 5.74) is 0. The van der Waals surface area contributed by atoms with Gasteiger partial charge in [-0.2, -0.15) is 0 Å². The van der Waals surface area contributed by atoms with E-state index in [1.165, 1.54) is 0 Å². The Morgan fingerprint density at radius 2 is 2.24 bits per heavy atom. The van der Waals surface area contributed by atoms with E-state index in [0.717, 1.165) is 26.1 Å². The maximum atomic E-state index is 12.4. The van der Waals surface area contributed by atoms with Crippen LogP contribution in [0.1, 0.15) is 26.2 Å². The van der Waals surface area contributed by atoms with Crippen molar-refractivity contribution in [1.29, 1.82) is 0 Å². The molecule has 2 aliphatic rings. The molecular weight excluding hydrogens is 218 g/mol. The minimum Gasteiger partial charge on any atom is -0.355 e. The molecule has 96 valence electrons. The van der Waals surface area contributed by atoms with Crippen molar-refractivity contribution in [2.75, 3.05) is 26.2 Å². The van der Waals surface area contributed by atoms with E-state index in [9.17, 15) is 9.59 Å². The smallest absolute Gasteiger partial charge is 0.227 e. The number of carbonyl (C=O) groups excluding carboxylic acids is 2. The van der Waals surface area contributed by atoms with Crippen molar-refractivity contribution in [3.63, 3.8) is 0 Å². The van der Waals surface area contributed by atoms with Crippen LogP contribution in [-0.4, -0.2) is 48.9 Å². The van der Waals surface area contributed by atoms with Gasteiger partial charge in [-0.25, -0.2) is 0 Å². The topological polar surface area (TPSA) is 61.4 Å². The van der Waals surface area contributed by atoms with Crippen molar-refractivity contribution >= 4 is 11.8 Å². The van der Waals surface area contributed by atoms with Crippen molar-refractivity contribution in [3.05, 3.63) is 0 Å². The molecule has 2 saturated heterocycles. The lowest BCUT2D eigenvalue weighted by Crippen LogP contribution is -2.49. The molecule has 5 heteroatoms. The molecule has 2 atom stereocenters. The molecule has 0 aliphatic carbocycles. The third-order valence-electron chi connectivity index (χ3n) is 3.71. The van der Waals surface area contributed by atoms with Crippen molar-refractivity contribution in [3.8, 4) is 0 Å². The molecule has 2 amide bonds. The van der Waals surface area contributed by atoms with Gasteiger partial charge in [-0.05, 0) is 26.3 Å². The first kappa shape index (κ1) is 12.4. The third-order valence-corrected chi connectivity index (χ3v) is 3.71. The Kier molecular flexibility index (Phi) is 3.99. The molecule has 0 saturated carbocycles. The van der Waals surface area contributed by atoms with Crippen molar-refractivity contribution in [2.24, 2.45) is 5.92 Å². The molecule has 2 fully saturated rings. The third kappa shape index (κ3) is 2.77. The van der Waals surface area contributed by atoms with Gasteiger partial charge in [-0.15, -0.1) is 0 Å². The Labute approximate surface area is 102 Å². The van der Waals surface area contributed by atoms with Crippen LogP contribution >= 0.6 is 0 Å². The number of hydrogen-bond acceptors (Lipinski definition) is 3. The zero-order valence-corrected chi connectivity index (χ0v) is 10.4. The molecule has 2 heterocycles. The maximum absolute atomic E-state index is 12.4. The van der Waals surface area contributed by atoms with Gasteiger partial charge in [0.2, 0.25) is 11.8 Å². The van der Waals surface area contributed by atoms with Crippen molar-refractivity contribution < 1.29 is 9.59 Å². The monoisotopic (exact) mass is 239 g/mol. The molecule has 17 heavy (non-hydrogen) atoms. The Balaban J connectivity index is 1.94. The molecule has 2 N–H and O–H groups in total. The fraction of sp³-hybridized carbons (Fsp3) is 0.833. The highest BCUT2D eigenvalue weighted by atomic mass is 16.2. The number of nitrogens with one attached hydrogen (secondary N) is 2. The highest BCUT2D eigenvalue weighted by Crippen LogP contribution is 2.18. The van der Waals surface area contributed by atoms with Crippen molar-refractivity contribution in [1.82, 2.24) is 15.5 Å². The van der Waals surface area contributed by atoms with Gasteiger partial charge in [-0.1, -0.05) is 0 Å². The predicted molar refractivity (Wildman–Crippen MR) is 64.4 cm³/mol. The molecule has 0 aromatic heterocycles. The number of hydrogen-bond donors (Lipinski definition) is 2. The second-order valence-corrected chi connectivity index (χ2v) is 4.81. The predicted octanol–water partition coefficient (Wildman–Crippen LogP) is -0.277. The number of rotatable bonds is 3. The zero-order valence-electron chi connectivity index (χ0n) is 10.4. The van der Waals surface area contributed by atoms with E-state index in [4.69, 9.17) is 0 Å². The SMILES string of the molecule is CCN(C(=O)C1CCC(=O)NC1)C1CCNC1. The Morgan fingerprint density at radius 1 is 1.41 bits per heavy atom. The van der Waals surface area contributed by atoms with Gasteiger partial charge in [0, 0.05) is 32.1 Å². The standard InChI is InChI=1S/C12H21N3O2/c1-2-15(10-5-6-13-8-10)12(17)9-3-4-11(16)14-7-9/h9-10,13H,2-8H2,1H3,(H,14,16). The fourth-order valence-corrected chi connectivity index (χ4v) is 2.68. The molecule has 0 aromatic rings. The van der Waals surface area contributed by atoms with Gasteiger partial charge < -0.3 is 15.5 Å². The van der Waals surface area contributed by atoms with Crippen LogP contribution in [-0.2, 0) is 9.59 Å². The number of amides is 2.